The molecule has 5 nitrogen and oxygen atoms in total. The Morgan fingerprint density at radius 3 is 2.87 bits per heavy atom. The van der Waals surface area contributed by atoms with Gasteiger partial charge in [-0.3, -0.25) is 9.63 Å². The van der Waals surface area contributed by atoms with Crippen molar-refractivity contribution in [2.45, 2.75) is 90.3 Å². The van der Waals surface area contributed by atoms with Gasteiger partial charge in [0.05, 0.1) is 19.3 Å². The van der Waals surface area contributed by atoms with Gasteiger partial charge in [0.25, 0.3) is 0 Å². The van der Waals surface area contributed by atoms with E-state index < -0.39 is 12.2 Å². The molecule has 1 unspecified atom stereocenters. The van der Waals surface area contributed by atoms with Crippen LogP contribution < -0.4 is 5.48 Å². The molecule has 0 bridgehead atoms. The van der Waals surface area contributed by atoms with E-state index in [0.29, 0.717) is 42.4 Å². The van der Waals surface area contributed by atoms with Crippen molar-refractivity contribution < 1.29 is 19.8 Å². The van der Waals surface area contributed by atoms with Gasteiger partial charge in [0.15, 0.2) is 0 Å². The Hall–Kier alpha value is -1.43. The standard InChI is InChI=1S/C26H41NO4/c1-17(7-5-9-25(30)27-31-4)22-12-13-23-19(8-6-14-26(22,23)3)10-11-20-15-21(28)16-24(29)18(20)2/h10-11,17,21-24,28-29H,2,5-9,12-16H2,1,3-4H3,(H,27,30)/b19-10+,20-11-/t17-,21-,22-,23+,24?,26-/m1/s1. The predicted molar refractivity (Wildman–Crippen MR) is 123 cm³/mol. The van der Waals surface area contributed by atoms with Gasteiger partial charge in [-0.2, -0.15) is 0 Å². The number of fused-ring (bicyclic) bond motifs is 1. The van der Waals surface area contributed by atoms with E-state index >= 15 is 0 Å². The molecule has 0 aromatic carbocycles. The third-order valence-electron chi connectivity index (χ3n) is 8.27. The molecule has 0 saturated heterocycles. The highest BCUT2D eigenvalue weighted by molar-refractivity contribution is 5.74. The van der Waals surface area contributed by atoms with E-state index in [2.05, 4.69) is 38.1 Å². The third kappa shape index (κ3) is 5.50. The summed E-state index contributed by atoms with van der Waals surface area (Å²) < 4.78 is 0. The van der Waals surface area contributed by atoms with Crippen LogP contribution in [0.15, 0.2) is 35.5 Å². The van der Waals surface area contributed by atoms with Gasteiger partial charge in [0, 0.05) is 12.8 Å². The summed E-state index contributed by atoms with van der Waals surface area (Å²) in [5.74, 6) is 1.86. The number of allylic oxidation sites excluding steroid dienone is 3. The second-order valence-electron chi connectivity index (χ2n) is 10.3. The summed E-state index contributed by atoms with van der Waals surface area (Å²) in [6, 6.07) is 0. The van der Waals surface area contributed by atoms with Gasteiger partial charge in [-0.25, -0.2) is 5.48 Å². The summed E-state index contributed by atoms with van der Waals surface area (Å²) >= 11 is 0. The van der Waals surface area contributed by atoms with Crippen molar-refractivity contribution in [3.63, 3.8) is 0 Å². The van der Waals surface area contributed by atoms with Gasteiger partial charge in [0.2, 0.25) is 5.91 Å². The lowest BCUT2D eigenvalue weighted by molar-refractivity contribution is -0.131. The van der Waals surface area contributed by atoms with E-state index in [4.69, 9.17) is 4.84 Å². The van der Waals surface area contributed by atoms with Crippen LogP contribution in [0.1, 0.15) is 78.1 Å². The fourth-order valence-corrected chi connectivity index (χ4v) is 6.63. The molecule has 31 heavy (non-hydrogen) atoms. The second kappa shape index (κ2) is 10.5. The van der Waals surface area contributed by atoms with Gasteiger partial charge in [-0.15, -0.1) is 0 Å². The molecule has 1 amide bonds. The number of hydrogen-bond acceptors (Lipinski definition) is 4. The summed E-state index contributed by atoms with van der Waals surface area (Å²) in [5.41, 5.74) is 6.00. The van der Waals surface area contributed by atoms with Crippen LogP contribution in [0, 0.1) is 23.2 Å². The van der Waals surface area contributed by atoms with Gasteiger partial charge < -0.3 is 10.2 Å². The maximum absolute atomic E-state index is 11.7. The number of hydrogen-bond donors (Lipinski definition) is 3. The lowest BCUT2D eigenvalue weighted by atomic mass is 9.60. The summed E-state index contributed by atoms with van der Waals surface area (Å²) in [4.78, 5) is 16.4. The van der Waals surface area contributed by atoms with Crippen LogP contribution in [0.3, 0.4) is 0 Å². The first-order valence-corrected chi connectivity index (χ1v) is 12.0. The Morgan fingerprint density at radius 1 is 1.35 bits per heavy atom. The first kappa shape index (κ1) is 24.2. The highest BCUT2D eigenvalue weighted by atomic mass is 16.6. The van der Waals surface area contributed by atoms with Gasteiger partial charge in [-0.05, 0) is 85.7 Å². The zero-order chi connectivity index (χ0) is 22.6. The maximum Gasteiger partial charge on any atom is 0.243 e. The van der Waals surface area contributed by atoms with Gasteiger partial charge >= 0.3 is 0 Å². The van der Waals surface area contributed by atoms with Crippen LogP contribution >= 0.6 is 0 Å². The Labute approximate surface area is 187 Å². The summed E-state index contributed by atoms with van der Waals surface area (Å²) in [6.45, 7) is 8.89. The molecule has 0 aromatic rings. The molecule has 0 aromatic heterocycles. The molecule has 174 valence electrons. The summed E-state index contributed by atoms with van der Waals surface area (Å²) in [5, 5.41) is 20.2. The second-order valence-corrected chi connectivity index (χ2v) is 10.3. The van der Waals surface area contributed by atoms with E-state index in [1.165, 1.54) is 38.4 Å². The number of carbonyl (C=O) groups is 1. The zero-order valence-corrected chi connectivity index (χ0v) is 19.5. The van der Waals surface area contributed by atoms with E-state index in [1.807, 2.05) is 0 Å². The molecule has 3 N–H and O–H groups in total. The molecule has 0 spiro atoms. The highest BCUT2D eigenvalue weighted by Crippen LogP contribution is 2.59. The minimum absolute atomic E-state index is 0.0410. The smallest absolute Gasteiger partial charge is 0.243 e. The largest absolute Gasteiger partial charge is 0.393 e. The van der Waals surface area contributed by atoms with Crippen LogP contribution in [0.2, 0.25) is 0 Å². The van der Waals surface area contributed by atoms with Crippen molar-refractivity contribution in [3.05, 3.63) is 35.5 Å². The average molecular weight is 432 g/mol. The molecular weight excluding hydrogens is 390 g/mol. The minimum atomic E-state index is -0.632. The van der Waals surface area contributed by atoms with Crippen molar-refractivity contribution in [3.8, 4) is 0 Å². The molecule has 3 fully saturated rings. The van der Waals surface area contributed by atoms with E-state index in [9.17, 15) is 15.0 Å². The molecule has 3 aliphatic rings. The fraction of sp³-hybridized carbons (Fsp3) is 0.731. The number of aliphatic hydroxyl groups is 2. The molecule has 6 atom stereocenters. The van der Waals surface area contributed by atoms with Crippen LogP contribution in [0.25, 0.3) is 0 Å². The van der Waals surface area contributed by atoms with Crippen LogP contribution in [0.4, 0.5) is 0 Å². The fourth-order valence-electron chi connectivity index (χ4n) is 6.63. The topological polar surface area (TPSA) is 78.8 Å². The van der Waals surface area contributed by atoms with E-state index in [0.717, 1.165) is 30.4 Å². The molecular formula is C26H41NO4. The molecule has 3 saturated carbocycles. The van der Waals surface area contributed by atoms with Crippen molar-refractivity contribution in [1.82, 2.24) is 5.48 Å². The SMILES string of the molecule is C=C1/C(=C\C=C2/CCC[C@]3(C)[C@@H]([C@H](C)CCCC(=O)NOC)CC[C@@H]23)C[C@@H](O)CC1O. The number of hydroxylamine groups is 1. The maximum atomic E-state index is 11.7. The lowest BCUT2D eigenvalue weighted by Gasteiger charge is -2.44. The van der Waals surface area contributed by atoms with Crippen molar-refractivity contribution in [2.75, 3.05) is 7.11 Å². The lowest BCUT2D eigenvalue weighted by Crippen LogP contribution is -2.36. The van der Waals surface area contributed by atoms with E-state index in [1.54, 1.807) is 0 Å². The van der Waals surface area contributed by atoms with Gasteiger partial charge in [0.1, 0.15) is 0 Å². The van der Waals surface area contributed by atoms with Crippen LogP contribution in [0.5, 0.6) is 0 Å². The summed E-state index contributed by atoms with van der Waals surface area (Å²) in [7, 11) is 1.47. The molecule has 5 heteroatoms. The number of amides is 1. The first-order chi connectivity index (χ1) is 14.8. The number of nitrogens with one attached hydrogen (secondary N) is 1. The predicted octanol–water partition coefficient (Wildman–Crippen LogP) is 4.61. The average Bonchev–Trinajstić information content (AvgIpc) is 3.07. The Morgan fingerprint density at radius 2 is 2.13 bits per heavy atom. The molecule has 0 aliphatic heterocycles. The van der Waals surface area contributed by atoms with Crippen molar-refractivity contribution in [2.24, 2.45) is 23.2 Å². The molecule has 3 rings (SSSR count). The van der Waals surface area contributed by atoms with E-state index in [-0.39, 0.29) is 5.91 Å². The quantitative estimate of drug-likeness (QED) is 0.514. The monoisotopic (exact) mass is 431 g/mol. The van der Waals surface area contributed by atoms with Crippen LogP contribution in [-0.4, -0.2) is 35.4 Å². The molecule has 0 heterocycles. The van der Waals surface area contributed by atoms with Gasteiger partial charge in [-0.1, -0.05) is 38.2 Å². The highest BCUT2D eigenvalue weighted by Gasteiger charge is 2.50. The molecule has 3 aliphatic carbocycles. The van der Waals surface area contributed by atoms with Crippen LogP contribution in [-0.2, 0) is 9.63 Å². The zero-order valence-electron chi connectivity index (χ0n) is 19.5. The first-order valence-electron chi connectivity index (χ1n) is 12.0. The van der Waals surface area contributed by atoms with Crippen molar-refractivity contribution in [1.29, 1.82) is 0 Å². The number of aliphatic hydroxyl groups excluding tert-OH is 2. The number of rotatable bonds is 7. The minimum Gasteiger partial charge on any atom is -0.393 e. The Kier molecular flexibility index (Phi) is 8.17. The van der Waals surface area contributed by atoms with Crippen molar-refractivity contribution >= 4 is 5.91 Å². The summed E-state index contributed by atoms with van der Waals surface area (Å²) in [6.07, 6.45) is 12.8. The molecule has 0 radical (unpaired) electrons. The Balaban J connectivity index is 1.66. The normalized spacial score (nSPS) is 37.1. The third-order valence-corrected chi connectivity index (χ3v) is 8.27. The number of carbonyl (C=O) groups excluding carboxylic acids is 1. The Bertz CT molecular complexity index is 727.